The number of aromatic nitrogens is 1. The van der Waals surface area contributed by atoms with Gasteiger partial charge in [0.15, 0.2) is 0 Å². The summed E-state index contributed by atoms with van der Waals surface area (Å²) in [6, 6.07) is 4.04. The van der Waals surface area contributed by atoms with Gasteiger partial charge in [0.05, 0.1) is 25.4 Å². The number of aliphatic hydroxyl groups is 1. The predicted octanol–water partition coefficient (Wildman–Crippen LogP) is -0.00310. The van der Waals surface area contributed by atoms with Crippen LogP contribution >= 0.6 is 0 Å². The van der Waals surface area contributed by atoms with Crippen molar-refractivity contribution in [2.45, 2.75) is 18.7 Å². The van der Waals surface area contributed by atoms with Crippen LogP contribution in [-0.4, -0.2) is 49.5 Å². The highest BCUT2D eigenvalue weighted by Gasteiger charge is 2.25. The van der Waals surface area contributed by atoms with Crippen LogP contribution in [0.25, 0.3) is 0 Å². The van der Waals surface area contributed by atoms with E-state index in [0.29, 0.717) is 19.8 Å². The highest BCUT2D eigenvalue weighted by atomic mass is 16.5. The first-order valence-electron chi connectivity index (χ1n) is 5.78. The van der Waals surface area contributed by atoms with Gasteiger partial charge in [-0.05, 0) is 17.7 Å². The molecule has 1 aliphatic rings. The largest absolute Gasteiger partial charge is 0.389 e. The lowest BCUT2D eigenvalue weighted by Gasteiger charge is -2.16. The van der Waals surface area contributed by atoms with Crippen molar-refractivity contribution in [2.75, 3.05) is 32.2 Å². The van der Waals surface area contributed by atoms with E-state index >= 15 is 0 Å². The number of ether oxygens (including phenoxy) is 1. The first-order valence-corrected chi connectivity index (χ1v) is 5.78. The Morgan fingerprint density at radius 3 is 3.00 bits per heavy atom. The molecule has 2 heterocycles. The Kier molecular flexibility index (Phi) is 3.93. The van der Waals surface area contributed by atoms with Crippen molar-refractivity contribution in [1.82, 2.24) is 10.3 Å². The van der Waals surface area contributed by atoms with Crippen LogP contribution < -0.4 is 10.2 Å². The maximum atomic E-state index is 9.60. The maximum absolute atomic E-state index is 9.60. The molecule has 1 aromatic rings. The lowest BCUT2D eigenvalue weighted by molar-refractivity contribution is 0.122. The molecule has 0 amide bonds. The van der Waals surface area contributed by atoms with E-state index in [4.69, 9.17) is 4.74 Å². The molecule has 0 aromatic carbocycles. The van der Waals surface area contributed by atoms with Crippen molar-refractivity contribution in [3.8, 4) is 0 Å². The van der Waals surface area contributed by atoms with Gasteiger partial charge in [0, 0.05) is 26.8 Å². The van der Waals surface area contributed by atoms with Gasteiger partial charge in [0.25, 0.3) is 0 Å². The summed E-state index contributed by atoms with van der Waals surface area (Å²) in [5.41, 5.74) is 1.16. The van der Waals surface area contributed by atoms with E-state index in [1.807, 2.05) is 31.1 Å². The number of anilines is 1. The molecule has 17 heavy (non-hydrogen) atoms. The Morgan fingerprint density at radius 2 is 2.35 bits per heavy atom. The van der Waals surface area contributed by atoms with Crippen molar-refractivity contribution in [3.05, 3.63) is 23.9 Å². The Labute approximate surface area is 101 Å². The number of pyridine rings is 1. The standard InChI is InChI=1S/C12H19N3O2/c1-15(2)12-5-9(3-4-13-12)6-14-10-7-17-8-11(10)16/h3-5,10-11,14,16H,6-8H2,1-2H3. The van der Waals surface area contributed by atoms with E-state index in [0.717, 1.165) is 11.4 Å². The maximum Gasteiger partial charge on any atom is 0.128 e. The van der Waals surface area contributed by atoms with Crippen LogP contribution in [0.4, 0.5) is 5.82 Å². The van der Waals surface area contributed by atoms with E-state index < -0.39 is 6.10 Å². The molecule has 1 saturated heterocycles. The quantitative estimate of drug-likeness (QED) is 0.772. The van der Waals surface area contributed by atoms with Crippen molar-refractivity contribution < 1.29 is 9.84 Å². The highest BCUT2D eigenvalue weighted by Crippen LogP contribution is 2.11. The van der Waals surface area contributed by atoms with E-state index in [1.54, 1.807) is 6.20 Å². The molecule has 0 saturated carbocycles. The summed E-state index contributed by atoms with van der Waals surface area (Å²) in [5.74, 6) is 0.938. The Morgan fingerprint density at radius 1 is 1.53 bits per heavy atom. The van der Waals surface area contributed by atoms with Gasteiger partial charge in [0.1, 0.15) is 5.82 Å². The lowest BCUT2D eigenvalue weighted by atomic mass is 10.2. The molecule has 5 heteroatoms. The van der Waals surface area contributed by atoms with E-state index in [2.05, 4.69) is 10.3 Å². The molecule has 0 bridgehead atoms. The zero-order valence-electron chi connectivity index (χ0n) is 10.3. The summed E-state index contributed by atoms with van der Waals surface area (Å²) < 4.78 is 5.19. The predicted molar refractivity (Wildman–Crippen MR) is 66.0 cm³/mol. The van der Waals surface area contributed by atoms with Crippen molar-refractivity contribution in [2.24, 2.45) is 0 Å². The van der Waals surface area contributed by atoms with Crippen LogP contribution in [0.15, 0.2) is 18.3 Å². The number of nitrogens with zero attached hydrogens (tertiary/aromatic N) is 2. The molecule has 2 unspecified atom stereocenters. The van der Waals surface area contributed by atoms with Crippen LogP contribution in [0, 0.1) is 0 Å². The zero-order chi connectivity index (χ0) is 12.3. The fourth-order valence-corrected chi connectivity index (χ4v) is 1.80. The molecule has 0 radical (unpaired) electrons. The Hall–Kier alpha value is -1.17. The second-order valence-corrected chi connectivity index (χ2v) is 4.51. The first kappa shape index (κ1) is 12.3. The third kappa shape index (κ3) is 3.15. The smallest absolute Gasteiger partial charge is 0.128 e. The Balaban J connectivity index is 1.92. The van der Waals surface area contributed by atoms with Gasteiger partial charge < -0.3 is 20.1 Å². The second kappa shape index (κ2) is 5.44. The number of aliphatic hydroxyl groups excluding tert-OH is 1. The molecular weight excluding hydrogens is 218 g/mol. The number of hydrogen-bond donors (Lipinski definition) is 2. The Bertz CT molecular complexity index is 371. The van der Waals surface area contributed by atoms with Gasteiger partial charge in [-0.3, -0.25) is 0 Å². The van der Waals surface area contributed by atoms with E-state index in [9.17, 15) is 5.11 Å². The monoisotopic (exact) mass is 237 g/mol. The van der Waals surface area contributed by atoms with Gasteiger partial charge in [0.2, 0.25) is 0 Å². The summed E-state index contributed by atoms with van der Waals surface area (Å²) in [6.07, 6.45) is 1.40. The minimum Gasteiger partial charge on any atom is -0.389 e. The summed E-state index contributed by atoms with van der Waals surface area (Å²) in [5, 5.41) is 12.9. The summed E-state index contributed by atoms with van der Waals surface area (Å²) in [7, 11) is 3.93. The topological polar surface area (TPSA) is 57.6 Å². The SMILES string of the molecule is CN(C)c1cc(CNC2COCC2O)ccn1. The van der Waals surface area contributed by atoms with Crippen LogP contribution in [0.2, 0.25) is 0 Å². The van der Waals surface area contributed by atoms with Gasteiger partial charge >= 0.3 is 0 Å². The normalized spacial score (nSPS) is 23.9. The molecule has 0 aliphatic carbocycles. The summed E-state index contributed by atoms with van der Waals surface area (Å²) in [4.78, 5) is 6.23. The van der Waals surface area contributed by atoms with Crippen molar-refractivity contribution in [1.29, 1.82) is 0 Å². The molecular formula is C12H19N3O2. The molecule has 1 fully saturated rings. The van der Waals surface area contributed by atoms with Crippen LogP contribution in [0.3, 0.4) is 0 Å². The lowest BCUT2D eigenvalue weighted by Crippen LogP contribution is -2.38. The third-order valence-corrected chi connectivity index (χ3v) is 2.89. The van der Waals surface area contributed by atoms with Gasteiger partial charge in [-0.1, -0.05) is 0 Å². The molecule has 94 valence electrons. The van der Waals surface area contributed by atoms with Gasteiger partial charge in [-0.2, -0.15) is 0 Å². The van der Waals surface area contributed by atoms with Crippen LogP contribution in [0.1, 0.15) is 5.56 Å². The molecule has 0 spiro atoms. The zero-order valence-corrected chi connectivity index (χ0v) is 10.3. The molecule has 2 atom stereocenters. The van der Waals surface area contributed by atoms with Gasteiger partial charge in [-0.15, -0.1) is 0 Å². The molecule has 1 aliphatic heterocycles. The second-order valence-electron chi connectivity index (χ2n) is 4.51. The molecule has 5 nitrogen and oxygen atoms in total. The van der Waals surface area contributed by atoms with E-state index in [1.165, 1.54) is 0 Å². The van der Waals surface area contributed by atoms with Gasteiger partial charge in [-0.25, -0.2) is 4.98 Å². The third-order valence-electron chi connectivity index (χ3n) is 2.89. The number of rotatable bonds is 4. The molecule has 2 N–H and O–H groups in total. The number of hydrogen-bond acceptors (Lipinski definition) is 5. The van der Waals surface area contributed by atoms with Crippen molar-refractivity contribution in [3.63, 3.8) is 0 Å². The average molecular weight is 237 g/mol. The average Bonchev–Trinajstić information content (AvgIpc) is 2.72. The fraction of sp³-hybridized carbons (Fsp3) is 0.583. The summed E-state index contributed by atoms with van der Waals surface area (Å²) >= 11 is 0. The fourth-order valence-electron chi connectivity index (χ4n) is 1.80. The molecule has 1 aromatic heterocycles. The molecule has 2 rings (SSSR count). The van der Waals surface area contributed by atoms with Crippen LogP contribution in [0.5, 0.6) is 0 Å². The van der Waals surface area contributed by atoms with E-state index in [-0.39, 0.29) is 6.04 Å². The number of nitrogens with one attached hydrogen (secondary N) is 1. The first-order chi connectivity index (χ1) is 8.16. The summed E-state index contributed by atoms with van der Waals surface area (Å²) in [6.45, 7) is 1.72. The minimum atomic E-state index is -0.398. The highest BCUT2D eigenvalue weighted by molar-refractivity contribution is 5.38. The minimum absolute atomic E-state index is 0.0333. The van der Waals surface area contributed by atoms with Crippen LogP contribution in [-0.2, 0) is 11.3 Å². The van der Waals surface area contributed by atoms with Crippen molar-refractivity contribution >= 4 is 5.82 Å².